The third-order valence-corrected chi connectivity index (χ3v) is 4.66. The molecule has 1 saturated heterocycles. The summed E-state index contributed by atoms with van der Waals surface area (Å²) in [4.78, 5) is 16.4. The van der Waals surface area contributed by atoms with Crippen LogP contribution in [0, 0.1) is 0 Å². The Kier molecular flexibility index (Phi) is 5.29. The molecule has 1 amide bonds. The zero-order chi connectivity index (χ0) is 19.3. The van der Waals surface area contributed by atoms with Crippen LogP contribution in [0.15, 0.2) is 54.6 Å². The summed E-state index contributed by atoms with van der Waals surface area (Å²) in [7, 11) is 1.61. The molecule has 8 nitrogen and oxygen atoms in total. The summed E-state index contributed by atoms with van der Waals surface area (Å²) < 4.78 is 10.6. The summed E-state index contributed by atoms with van der Waals surface area (Å²) in [6.45, 7) is 2.18. The molecule has 1 atom stereocenters. The number of benzene rings is 2. The molecule has 28 heavy (non-hydrogen) atoms. The third-order valence-electron chi connectivity index (χ3n) is 4.66. The minimum Gasteiger partial charge on any atom is -0.497 e. The van der Waals surface area contributed by atoms with E-state index in [1.54, 1.807) is 12.0 Å². The molecule has 0 radical (unpaired) electrons. The molecule has 0 aliphatic carbocycles. The Bertz CT molecular complexity index is 938. The second-order valence-electron chi connectivity index (χ2n) is 6.42. The van der Waals surface area contributed by atoms with Crippen LogP contribution >= 0.6 is 0 Å². The van der Waals surface area contributed by atoms with Gasteiger partial charge in [0, 0.05) is 18.7 Å². The van der Waals surface area contributed by atoms with Gasteiger partial charge in [0.1, 0.15) is 5.75 Å². The van der Waals surface area contributed by atoms with E-state index in [1.165, 1.54) is 4.80 Å². The molecule has 1 fully saturated rings. The number of carbonyl (C=O) groups is 1. The summed E-state index contributed by atoms with van der Waals surface area (Å²) in [5.41, 5.74) is 1.59. The van der Waals surface area contributed by atoms with Gasteiger partial charge in [0.2, 0.25) is 5.82 Å². The van der Waals surface area contributed by atoms with E-state index < -0.39 is 6.04 Å². The fourth-order valence-corrected chi connectivity index (χ4v) is 3.18. The molecule has 2 aromatic carbocycles. The van der Waals surface area contributed by atoms with Gasteiger partial charge in [-0.3, -0.25) is 4.79 Å². The number of aromatic nitrogens is 4. The molecule has 0 unspecified atom stereocenters. The zero-order valence-electron chi connectivity index (χ0n) is 15.6. The molecular weight excluding hydrogens is 358 g/mol. The van der Waals surface area contributed by atoms with Crippen molar-refractivity contribution in [2.24, 2.45) is 0 Å². The minimum atomic E-state index is -0.675. The predicted octanol–water partition coefficient (Wildman–Crippen LogP) is 1.80. The predicted molar refractivity (Wildman–Crippen MR) is 102 cm³/mol. The summed E-state index contributed by atoms with van der Waals surface area (Å²) in [5.74, 6) is 1.08. The number of carbonyl (C=O) groups excluding carboxylic acids is 1. The number of hydrogen-bond donors (Lipinski definition) is 0. The van der Waals surface area contributed by atoms with Gasteiger partial charge in [0.15, 0.2) is 6.04 Å². The first-order valence-electron chi connectivity index (χ1n) is 9.11. The molecule has 0 N–H and O–H groups in total. The Labute approximate surface area is 162 Å². The van der Waals surface area contributed by atoms with Gasteiger partial charge >= 0.3 is 0 Å². The number of methoxy groups -OCH3 is 1. The van der Waals surface area contributed by atoms with Crippen LogP contribution in [-0.4, -0.2) is 64.4 Å². The number of amides is 1. The van der Waals surface area contributed by atoms with Crippen LogP contribution < -0.4 is 4.74 Å². The maximum absolute atomic E-state index is 13.3. The lowest BCUT2D eigenvalue weighted by Crippen LogP contribution is -2.45. The molecule has 0 spiro atoms. The first-order valence-corrected chi connectivity index (χ1v) is 9.11. The number of ether oxygens (including phenoxy) is 2. The molecule has 4 rings (SSSR count). The molecule has 2 heterocycles. The molecule has 0 bridgehead atoms. The van der Waals surface area contributed by atoms with Gasteiger partial charge < -0.3 is 14.4 Å². The average Bonchev–Trinajstić information content (AvgIpc) is 3.25. The van der Waals surface area contributed by atoms with E-state index in [1.807, 2.05) is 54.6 Å². The highest BCUT2D eigenvalue weighted by atomic mass is 16.5. The van der Waals surface area contributed by atoms with Crippen LogP contribution in [-0.2, 0) is 9.53 Å². The van der Waals surface area contributed by atoms with E-state index in [2.05, 4.69) is 15.4 Å². The van der Waals surface area contributed by atoms with E-state index >= 15 is 0 Å². The van der Waals surface area contributed by atoms with Gasteiger partial charge in [-0.25, -0.2) is 0 Å². The van der Waals surface area contributed by atoms with Crippen molar-refractivity contribution >= 4 is 5.91 Å². The highest BCUT2D eigenvalue weighted by Gasteiger charge is 2.31. The van der Waals surface area contributed by atoms with Crippen LogP contribution in [0.5, 0.6) is 5.75 Å². The summed E-state index contributed by atoms with van der Waals surface area (Å²) in [5, 5.41) is 12.9. The van der Waals surface area contributed by atoms with E-state index in [4.69, 9.17) is 9.47 Å². The molecule has 144 valence electrons. The van der Waals surface area contributed by atoms with Crippen molar-refractivity contribution in [3.63, 3.8) is 0 Å². The number of morpholine rings is 1. The van der Waals surface area contributed by atoms with Crippen molar-refractivity contribution in [3.8, 4) is 17.1 Å². The van der Waals surface area contributed by atoms with Crippen LogP contribution in [0.25, 0.3) is 11.4 Å². The van der Waals surface area contributed by atoms with Gasteiger partial charge in [0.05, 0.1) is 20.3 Å². The van der Waals surface area contributed by atoms with E-state index in [-0.39, 0.29) is 5.91 Å². The van der Waals surface area contributed by atoms with E-state index in [0.29, 0.717) is 37.9 Å². The van der Waals surface area contributed by atoms with Crippen molar-refractivity contribution in [1.82, 2.24) is 25.1 Å². The average molecular weight is 379 g/mol. The highest BCUT2D eigenvalue weighted by Crippen LogP contribution is 2.23. The first kappa shape index (κ1) is 18.1. The quantitative estimate of drug-likeness (QED) is 0.672. The van der Waals surface area contributed by atoms with Crippen molar-refractivity contribution in [3.05, 3.63) is 60.2 Å². The van der Waals surface area contributed by atoms with Gasteiger partial charge in [0.25, 0.3) is 5.91 Å². The van der Waals surface area contributed by atoms with Gasteiger partial charge in [-0.2, -0.15) is 0 Å². The molecule has 1 aliphatic rings. The molecule has 3 aromatic rings. The summed E-state index contributed by atoms with van der Waals surface area (Å²) in [6.07, 6.45) is 0. The minimum absolute atomic E-state index is 0.0657. The van der Waals surface area contributed by atoms with Crippen LogP contribution in [0.4, 0.5) is 0 Å². The van der Waals surface area contributed by atoms with Crippen LogP contribution in [0.2, 0.25) is 0 Å². The Morgan fingerprint density at radius 2 is 1.89 bits per heavy atom. The Morgan fingerprint density at radius 1 is 1.11 bits per heavy atom. The fourth-order valence-electron chi connectivity index (χ4n) is 3.18. The molecule has 1 aliphatic heterocycles. The zero-order valence-corrected chi connectivity index (χ0v) is 15.6. The maximum Gasteiger partial charge on any atom is 0.254 e. The lowest BCUT2D eigenvalue weighted by atomic mass is 10.1. The largest absolute Gasteiger partial charge is 0.497 e. The van der Waals surface area contributed by atoms with Crippen molar-refractivity contribution < 1.29 is 14.3 Å². The van der Waals surface area contributed by atoms with E-state index in [9.17, 15) is 4.79 Å². The van der Waals surface area contributed by atoms with E-state index in [0.717, 1.165) is 11.1 Å². The SMILES string of the molecule is COc1cccc(-c2nnn([C@H](C(=O)N3CCOCC3)c3ccccc3)n2)c1. The Morgan fingerprint density at radius 3 is 2.64 bits per heavy atom. The Hall–Kier alpha value is -3.26. The van der Waals surface area contributed by atoms with Gasteiger partial charge in [-0.15, -0.1) is 15.0 Å². The topological polar surface area (TPSA) is 82.4 Å². The molecule has 8 heteroatoms. The summed E-state index contributed by atoms with van der Waals surface area (Å²) in [6, 6.07) is 16.3. The third kappa shape index (κ3) is 3.72. The highest BCUT2D eigenvalue weighted by molar-refractivity contribution is 5.83. The first-order chi connectivity index (χ1) is 13.8. The van der Waals surface area contributed by atoms with Crippen molar-refractivity contribution in [2.45, 2.75) is 6.04 Å². The van der Waals surface area contributed by atoms with Gasteiger partial charge in [-0.05, 0) is 22.9 Å². The normalized spacial score (nSPS) is 15.2. The van der Waals surface area contributed by atoms with Crippen LogP contribution in [0.3, 0.4) is 0 Å². The number of rotatable bonds is 5. The monoisotopic (exact) mass is 379 g/mol. The molecule has 1 aromatic heterocycles. The van der Waals surface area contributed by atoms with Gasteiger partial charge in [-0.1, -0.05) is 42.5 Å². The smallest absolute Gasteiger partial charge is 0.254 e. The number of hydrogen-bond acceptors (Lipinski definition) is 6. The summed E-state index contributed by atoms with van der Waals surface area (Å²) >= 11 is 0. The fraction of sp³-hybridized carbons (Fsp3) is 0.300. The van der Waals surface area contributed by atoms with Crippen molar-refractivity contribution in [1.29, 1.82) is 0 Å². The number of tetrazole rings is 1. The maximum atomic E-state index is 13.3. The lowest BCUT2D eigenvalue weighted by Gasteiger charge is -2.30. The lowest BCUT2D eigenvalue weighted by molar-refractivity contribution is -0.138. The Balaban J connectivity index is 1.69. The molecular formula is C20H21N5O3. The number of nitrogens with zero attached hydrogens (tertiary/aromatic N) is 5. The van der Waals surface area contributed by atoms with Crippen LogP contribution in [0.1, 0.15) is 11.6 Å². The standard InChI is InChI=1S/C20H21N5O3/c1-27-17-9-5-8-16(14-17)19-21-23-25(22-19)18(15-6-3-2-4-7-15)20(26)24-10-12-28-13-11-24/h2-9,14,18H,10-13H2,1H3/t18-/m0/s1. The second kappa shape index (κ2) is 8.18. The second-order valence-corrected chi connectivity index (χ2v) is 6.42. The molecule has 0 saturated carbocycles. The van der Waals surface area contributed by atoms with Crippen molar-refractivity contribution in [2.75, 3.05) is 33.4 Å².